The molecule has 5 atom stereocenters. The first-order chi connectivity index (χ1) is 11.8. The van der Waals surface area contributed by atoms with Crippen molar-refractivity contribution in [3.05, 3.63) is 28.8 Å². The van der Waals surface area contributed by atoms with Crippen LogP contribution in [0.2, 0.25) is 5.02 Å². The monoisotopic (exact) mass is 363 g/mol. The number of rotatable bonds is 2. The number of halogens is 1. The summed E-state index contributed by atoms with van der Waals surface area (Å²) in [7, 11) is 0. The summed E-state index contributed by atoms with van der Waals surface area (Å²) in [4.78, 5) is 11.9. The normalized spacial score (nSPS) is 38.4. The molecule has 1 aromatic rings. The molecule has 5 heteroatoms. The smallest absolute Gasteiger partial charge is 0.217 e. The SMILES string of the molecule is CC(=O)N[C@H]1C(C)(C)[C@@H]2C[C@@H]3[C@@H](c4cc(Cl)ccc4O)OCC[C@@]31C2. The van der Waals surface area contributed by atoms with Crippen molar-refractivity contribution in [1.82, 2.24) is 5.32 Å². The molecule has 2 N–H and O–H groups in total. The van der Waals surface area contributed by atoms with Gasteiger partial charge in [-0.2, -0.15) is 0 Å². The lowest BCUT2D eigenvalue weighted by Crippen LogP contribution is -2.58. The molecule has 3 aliphatic rings. The average Bonchev–Trinajstić information content (AvgIpc) is 3.02. The predicted octanol–water partition coefficient (Wildman–Crippen LogP) is 4.06. The first kappa shape index (κ1) is 17.2. The maximum Gasteiger partial charge on any atom is 0.217 e. The highest BCUT2D eigenvalue weighted by Crippen LogP contribution is 2.70. The maximum absolute atomic E-state index is 11.9. The van der Waals surface area contributed by atoms with Gasteiger partial charge >= 0.3 is 0 Å². The lowest BCUT2D eigenvalue weighted by atomic mass is 9.58. The number of phenols is 1. The molecule has 3 fully saturated rings. The summed E-state index contributed by atoms with van der Waals surface area (Å²) in [5, 5.41) is 14.3. The highest BCUT2D eigenvalue weighted by Gasteiger charge is 2.68. The van der Waals surface area contributed by atoms with E-state index in [2.05, 4.69) is 19.2 Å². The first-order valence-corrected chi connectivity index (χ1v) is 9.50. The average molecular weight is 364 g/mol. The molecule has 2 aliphatic carbocycles. The Kier molecular flexibility index (Phi) is 3.86. The number of amides is 1. The summed E-state index contributed by atoms with van der Waals surface area (Å²) in [5.41, 5.74) is 0.904. The molecule has 0 unspecified atom stereocenters. The largest absolute Gasteiger partial charge is 0.508 e. The topological polar surface area (TPSA) is 58.6 Å². The number of fused-ring (bicyclic) bond motifs is 1. The van der Waals surface area contributed by atoms with Crippen molar-refractivity contribution in [3.63, 3.8) is 0 Å². The molecule has 25 heavy (non-hydrogen) atoms. The van der Waals surface area contributed by atoms with E-state index in [0.29, 0.717) is 23.5 Å². The number of carbonyl (C=O) groups excluding carboxylic acids is 1. The van der Waals surface area contributed by atoms with E-state index >= 15 is 0 Å². The highest BCUT2D eigenvalue weighted by atomic mass is 35.5. The molecule has 1 aliphatic heterocycles. The van der Waals surface area contributed by atoms with Gasteiger partial charge in [-0.3, -0.25) is 4.79 Å². The van der Waals surface area contributed by atoms with Gasteiger partial charge in [-0.1, -0.05) is 25.4 Å². The van der Waals surface area contributed by atoms with Crippen LogP contribution in [0.15, 0.2) is 18.2 Å². The van der Waals surface area contributed by atoms with Crippen molar-refractivity contribution in [2.75, 3.05) is 6.61 Å². The number of hydrogen-bond donors (Lipinski definition) is 2. The first-order valence-electron chi connectivity index (χ1n) is 9.13. The number of nitrogens with one attached hydrogen (secondary N) is 1. The van der Waals surface area contributed by atoms with Gasteiger partial charge in [0.1, 0.15) is 5.75 Å². The Labute approximate surface area is 153 Å². The maximum atomic E-state index is 11.9. The number of hydrogen-bond acceptors (Lipinski definition) is 3. The number of phenolic OH excluding ortho intramolecular Hbond substituents is 1. The Morgan fingerprint density at radius 1 is 1.40 bits per heavy atom. The molecular formula is C20H26ClNO3. The van der Waals surface area contributed by atoms with Crippen LogP contribution in [0.4, 0.5) is 0 Å². The zero-order valence-corrected chi connectivity index (χ0v) is 15.8. The van der Waals surface area contributed by atoms with Gasteiger partial charge in [-0.25, -0.2) is 0 Å². The molecule has 2 saturated carbocycles. The third-order valence-corrected chi connectivity index (χ3v) is 7.38. The van der Waals surface area contributed by atoms with E-state index in [1.54, 1.807) is 19.1 Å². The second-order valence-corrected chi connectivity index (χ2v) is 9.11. The Morgan fingerprint density at radius 3 is 2.88 bits per heavy atom. The van der Waals surface area contributed by atoms with Crippen LogP contribution in [-0.4, -0.2) is 23.7 Å². The number of benzene rings is 1. The third-order valence-electron chi connectivity index (χ3n) is 7.15. The van der Waals surface area contributed by atoms with Crippen LogP contribution in [0.1, 0.15) is 51.7 Å². The molecule has 1 amide bonds. The zero-order valence-electron chi connectivity index (χ0n) is 15.0. The van der Waals surface area contributed by atoms with Gasteiger partial charge in [0.2, 0.25) is 5.91 Å². The third kappa shape index (κ3) is 2.41. The van der Waals surface area contributed by atoms with E-state index in [0.717, 1.165) is 24.8 Å². The molecule has 2 bridgehead atoms. The van der Waals surface area contributed by atoms with Crippen molar-refractivity contribution in [2.24, 2.45) is 22.7 Å². The standard InChI is InChI=1S/C20H26ClNO3/c1-11(23)22-18-19(2,3)12-8-15-17(25-7-6-20(15,18)10-12)14-9-13(21)4-5-16(14)24/h4-5,9,12,15,17-18,24H,6-8,10H2,1-3H3,(H,22,23)/t12-,15-,17-,18+,20-/m1/s1. The lowest BCUT2D eigenvalue weighted by Gasteiger charge is -2.53. The highest BCUT2D eigenvalue weighted by molar-refractivity contribution is 6.30. The fourth-order valence-electron chi connectivity index (χ4n) is 6.05. The quantitative estimate of drug-likeness (QED) is 0.832. The summed E-state index contributed by atoms with van der Waals surface area (Å²) in [6.07, 6.45) is 2.99. The van der Waals surface area contributed by atoms with Gasteiger partial charge in [0.15, 0.2) is 0 Å². The van der Waals surface area contributed by atoms with Gasteiger partial charge in [0.05, 0.1) is 6.10 Å². The summed E-state index contributed by atoms with van der Waals surface area (Å²) >= 11 is 6.18. The number of carbonyl (C=O) groups is 1. The molecule has 0 radical (unpaired) electrons. The predicted molar refractivity (Wildman–Crippen MR) is 96.5 cm³/mol. The van der Waals surface area contributed by atoms with Crippen LogP contribution in [0.25, 0.3) is 0 Å². The molecule has 1 heterocycles. The number of aromatic hydroxyl groups is 1. The summed E-state index contributed by atoms with van der Waals surface area (Å²) in [6, 6.07) is 5.31. The van der Waals surface area contributed by atoms with E-state index in [1.807, 2.05) is 6.07 Å². The van der Waals surface area contributed by atoms with Gasteiger partial charge < -0.3 is 15.2 Å². The van der Waals surface area contributed by atoms with Crippen molar-refractivity contribution >= 4 is 17.5 Å². The van der Waals surface area contributed by atoms with Crippen molar-refractivity contribution in [3.8, 4) is 5.75 Å². The second kappa shape index (κ2) is 5.62. The lowest BCUT2D eigenvalue weighted by molar-refractivity contribution is -0.136. The van der Waals surface area contributed by atoms with Crippen LogP contribution >= 0.6 is 11.6 Å². The Balaban J connectivity index is 1.75. The van der Waals surface area contributed by atoms with Crippen LogP contribution in [-0.2, 0) is 9.53 Å². The zero-order chi connectivity index (χ0) is 18.0. The fourth-order valence-corrected chi connectivity index (χ4v) is 6.23. The summed E-state index contributed by atoms with van der Waals surface area (Å²) in [6.45, 7) is 6.81. The second-order valence-electron chi connectivity index (χ2n) is 8.68. The van der Waals surface area contributed by atoms with Gasteiger partial charge in [-0.05, 0) is 60.1 Å². The Bertz CT molecular complexity index is 719. The van der Waals surface area contributed by atoms with Gasteiger partial charge in [0.25, 0.3) is 0 Å². The fraction of sp³-hybridized carbons (Fsp3) is 0.650. The van der Waals surface area contributed by atoms with Crippen LogP contribution in [0.3, 0.4) is 0 Å². The van der Waals surface area contributed by atoms with Crippen LogP contribution in [0, 0.1) is 22.7 Å². The van der Waals surface area contributed by atoms with E-state index in [1.165, 1.54) is 0 Å². The van der Waals surface area contributed by atoms with Crippen LogP contribution in [0.5, 0.6) is 5.75 Å². The minimum atomic E-state index is -0.162. The summed E-state index contributed by atoms with van der Waals surface area (Å²) in [5.74, 6) is 1.12. The molecular weight excluding hydrogens is 338 g/mol. The van der Waals surface area contributed by atoms with E-state index in [9.17, 15) is 9.90 Å². The Hall–Kier alpha value is -1.26. The minimum absolute atomic E-state index is 0.0346. The molecule has 4 nitrogen and oxygen atoms in total. The van der Waals surface area contributed by atoms with E-state index in [-0.39, 0.29) is 34.6 Å². The summed E-state index contributed by atoms with van der Waals surface area (Å²) < 4.78 is 6.15. The molecule has 136 valence electrons. The molecule has 1 saturated heterocycles. The van der Waals surface area contributed by atoms with Gasteiger partial charge in [0, 0.05) is 30.2 Å². The van der Waals surface area contributed by atoms with Crippen molar-refractivity contribution in [2.45, 2.75) is 52.2 Å². The van der Waals surface area contributed by atoms with E-state index < -0.39 is 0 Å². The van der Waals surface area contributed by atoms with E-state index in [4.69, 9.17) is 16.3 Å². The molecule has 4 rings (SSSR count). The molecule has 1 aromatic carbocycles. The molecule has 1 spiro atoms. The van der Waals surface area contributed by atoms with Crippen molar-refractivity contribution < 1.29 is 14.6 Å². The Morgan fingerprint density at radius 2 is 2.16 bits per heavy atom. The molecule has 0 aromatic heterocycles. The van der Waals surface area contributed by atoms with Crippen LogP contribution < -0.4 is 5.32 Å². The van der Waals surface area contributed by atoms with Crippen molar-refractivity contribution in [1.29, 1.82) is 0 Å². The van der Waals surface area contributed by atoms with Gasteiger partial charge in [-0.15, -0.1) is 0 Å². The minimum Gasteiger partial charge on any atom is -0.508 e. The number of ether oxygens (including phenoxy) is 1.